The van der Waals surface area contributed by atoms with E-state index in [1.807, 2.05) is 13.0 Å². The predicted molar refractivity (Wildman–Crippen MR) is 73.9 cm³/mol. The number of aryl methyl sites for hydroxylation is 1. The van der Waals surface area contributed by atoms with Gasteiger partial charge in [-0.1, -0.05) is 27.5 Å². The minimum atomic E-state index is 0.258. The number of aromatic nitrogens is 2. The molecule has 18 heavy (non-hydrogen) atoms. The lowest BCUT2D eigenvalue weighted by Gasteiger charge is -2.08. The van der Waals surface area contributed by atoms with Crippen LogP contribution >= 0.6 is 27.5 Å². The van der Waals surface area contributed by atoms with Gasteiger partial charge in [0.2, 0.25) is 0 Å². The summed E-state index contributed by atoms with van der Waals surface area (Å²) >= 11 is 9.37. The predicted octanol–water partition coefficient (Wildman–Crippen LogP) is 3.45. The second-order valence-electron chi connectivity index (χ2n) is 3.64. The summed E-state index contributed by atoms with van der Waals surface area (Å²) in [5, 5.41) is 0.494. The topological polar surface area (TPSA) is 61.0 Å². The second-order valence-corrected chi connectivity index (χ2v) is 4.97. The van der Waals surface area contributed by atoms with Crippen molar-refractivity contribution in [2.24, 2.45) is 5.73 Å². The number of nitrogens with zero attached hydrogens (tertiary/aromatic N) is 2. The molecule has 94 valence electrons. The first-order chi connectivity index (χ1) is 8.60. The molecular weight excluding hydrogens is 318 g/mol. The van der Waals surface area contributed by atoms with Gasteiger partial charge in [0.25, 0.3) is 0 Å². The van der Waals surface area contributed by atoms with Gasteiger partial charge in [0.05, 0.1) is 5.02 Å². The molecule has 0 aliphatic carbocycles. The van der Waals surface area contributed by atoms with Gasteiger partial charge in [0.15, 0.2) is 0 Å². The van der Waals surface area contributed by atoms with Crippen molar-refractivity contribution in [1.82, 2.24) is 9.97 Å². The molecule has 0 unspecified atom stereocenters. The van der Waals surface area contributed by atoms with Crippen LogP contribution in [0.1, 0.15) is 11.3 Å². The Balaban J connectivity index is 2.26. The van der Waals surface area contributed by atoms with E-state index < -0.39 is 0 Å². The minimum absolute atomic E-state index is 0.258. The molecule has 4 nitrogen and oxygen atoms in total. The molecule has 0 fully saturated rings. The number of benzene rings is 1. The van der Waals surface area contributed by atoms with Crippen molar-refractivity contribution in [1.29, 1.82) is 0 Å². The van der Waals surface area contributed by atoms with Crippen LogP contribution in [0.4, 0.5) is 0 Å². The lowest BCUT2D eigenvalue weighted by atomic mass is 10.2. The van der Waals surface area contributed by atoms with E-state index in [0.29, 0.717) is 17.3 Å². The molecule has 2 N–H and O–H groups in total. The summed E-state index contributed by atoms with van der Waals surface area (Å²) in [4.78, 5) is 8.30. The van der Waals surface area contributed by atoms with Gasteiger partial charge >= 0.3 is 6.01 Å². The zero-order chi connectivity index (χ0) is 13.1. The molecule has 1 aromatic carbocycles. The van der Waals surface area contributed by atoms with Crippen LogP contribution < -0.4 is 10.5 Å². The maximum Gasteiger partial charge on any atom is 0.322 e. The zero-order valence-corrected chi connectivity index (χ0v) is 12.0. The lowest BCUT2D eigenvalue weighted by Crippen LogP contribution is -2.03. The average Bonchev–Trinajstić information content (AvgIpc) is 2.33. The third-order valence-corrected chi connectivity index (χ3v) is 3.16. The van der Waals surface area contributed by atoms with Crippen LogP contribution in [0.5, 0.6) is 11.8 Å². The zero-order valence-electron chi connectivity index (χ0n) is 9.65. The van der Waals surface area contributed by atoms with E-state index in [-0.39, 0.29) is 6.01 Å². The molecule has 2 rings (SSSR count). The molecule has 0 bridgehead atoms. The largest absolute Gasteiger partial charge is 0.423 e. The van der Waals surface area contributed by atoms with E-state index in [2.05, 4.69) is 25.9 Å². The summed E-state index contributed by atoms with van der Waals surface area (Å²) in [5.41, 5.74) is 7.24. The van der Waals surface area contributed by atoms with Crippen molar-refractivity contribution in [3.8, 4) is 11.8 Å². The van der Waals surface area contributed by atoms with Gasteiger partial charge in [-0.25, -0.2) is 4.98 Å². The summed E-state index contributed by atoms with van der Waals surface area (Å²) in [6.45, 7) is 2.27. The third kappa shape index (κ3) is 2.98. The van der Waals surface area contributed by atoms with Gasteiger partial charge in [0.1, 0.15) is 5.75 Å². The molecule has 6 heteroatoms. The van der Waals surface area contributed by atoms with Gasteiger partial charge in [-0.2, -0.15) is 4.98 Å². The molecule has 1 aromatic heterocycles. The highest BCUT2D eigenvalue weighted by molar-refractivity contribution is 9.10. The smallest absolute Gasteiger partial charge is 0.322 e. The van der Waals surface area contributed by atoms with Crippen LogP contribution in [0, 0.1) is 6.92 Å². The SMILES string of the molecule is Cc1nc(Oc2ccc(Br)cc2Cl)ncc1CN. The van der Waals surface area contributed by atoms with Crippen LogP contribution in [0.2, 0.25) is 5.02 Å². The Labute approximate surface area is 118 Å². The van der Waals surface area contributed by atoms with E-state index in [1.54, 1.807) is 18.3 Å². The number of rotatable bonds is 3. The number of hydrogen-bond acceptors (Lipinski definition) is 4. The van der Waals surface area contributed by atoms with Gasteiger partial charge in [0, 0.05) is 28.5 Å². The Morgan fingerprint density at radius 1 is 1.44 bits per heavy atom. The van der Waals surface area contributed by atoms with Gasteiger partial charge in [-0.15, -0.1) is 0 Å². The fraction of sp³-hybridized carbons (Fsp3) is 0.167. The Morgan fingerprint density at radius 2 is 2.22 bits per heavy atom. The number of halogens is 2. The maximum absolute atomic E-state index is 6.05. The third-order valence-electron chi connectivity index (χ3n) is 2.37. The van der Waals surface area contributed by atoms with Crippen LogP contribution in [0.3, 0.4) is 0 Å². The van der Waals surface area contributed by atoms with Gasteiger partial charge < -0.3 is 10.5 Å². The summed E-state index contributed by atoms with van der Waals surface area (Å²) in [5.74, 6) is 0.514. The molecule has 1 heterocycles. The number of hydrogen-bond donors (Lipinski definition) is 1. The average molecular weight is 329 g/mol. The van der Waals surface area contributed by atoms with Crippen molar-refractivity contribution in [2.75, 3.05) is 0 Å². The normalized spacial score (nSPS) is 10.4. The molecule has 0 spiro atoms. The summed E-state index contributed by atoms with van der Waals surface area (Å²) in [6.07, 6.45) is 1.66. The molecular formula is C12H11BrClN3O. The van der Waals surface area contributed by atoms with E-state index in [1.165, 1.54) is 0 Å². The van der Waals surface area contributed by atoms with Crippen LogP contribution in [-0.2, 0) is 6.54 Å². The standard InChI is InChI=1S/C12H11BrClN3O/c1-7-8(5-15)6-16-12(17-7)18-11-3-2-9(13)4-10(11)14/h2-4,6H,5,15H2,1H3. The second kappa shape index (κ2) is 5.65. The highest BCUT2D eigenvalue weighted by atomic mass is 79.9. The Bertz CT molecular complexity index is 577. The molecule has 0 saturated carbocycles. The molecule has 0 atom stereocenters. The van der Waals surface area contributed by atoms with E-state index >= 15 is 0 Å². The van der Waals surface area contributed by atoms with Gasteiger partial charge in [-0.05, 0) is 25.1 Å². The first-order valence-corrected chi connectivity index (χ1v) is 6.42. The Morgan fingerprint density at radius 3 is 2.83 bits per heavy atom. The Kier molecular flexibility index (Phi) is 4.16. The van der Waals surface area contributed by atoms with E-state index in [4.69, 9.17) is 22.1 Å². The van der Waals surface area contributed by atoms with Crippen LogP contribution in [-0.4, -0.2) is 9.97 Å². The van der Waals surface area contributed by atoms with E-state index in [0.717, 1.165) is 15.7 Å². The molecule has 0 amide bonds. The van der Waals surface area contributed by atoms with E-state index in [9.17, 15) is 0 Å². The van der Waals surface area contributed by atoms with Crippen LogP contribution in [0.25, 0.3) is 0 Å². The molecule has 0 aliphatic heterocycles. The van der Waals surface area contributed by atoms with Crippen molar-refractivity contribution in [2.45, 2.75) is 13.5 Å². The monoisotopic (exact) mass is 327 g/mol. The minimum Gasteiger partial charge on any atom is -0.423 e. The molecule has 0 radical (unpaired) electrons. The fourth-order valence-corrected chi connectivity index (χ4v) is 2.09. The van der Waals surface area contributed by atoms with Crippen molar-refractivity contribution in [3.63, 3.8) is 0 Å². The summed E-state index contributed by atoms with van der Waals surface area (Å²) < 4.78 is 6.41. The van der Waals surface area contributed by atoms with Crippen LogP contribution in [0.15, 0.2) is 28.9 Å². The Hall–Kier alpha value is -1.17. The number of nitrogens with two attached hydrogens (primary N) is 1. The van der Waals surface area contributed by atoms with Gasteiger partial charge in [-0.3, -0.25) is 0 Å². The highest BCUT2D eigenvalue weighted by Gasteiger charge is 2.07. The molecule has 0 saturated heterocycles. The van der Waals surface area contributed by atoms with Crippen molar-refractivity contribution < 1.29 is 4.74 Å². The summed E-state index contributed by atoms with van der Waals surface area (Å²) in [6, 6.07) is 5.59. The molecule has 0 aliphatic rings. The summed E-state index contributed by atoms with van der Waals surface area (Å²) in [7, 11) is 0. The maximum atomic E-state index is 6.05. The fourth-order valence-electron chi connectivity index (χ4n) is 1.38. The number of ether oxygens (including phenoxy) is 1. The highest BCUT2D eigenvalue weighted by Crippen LogP contribution is 2.30. The molecule has 2 aromatic rings. The van der Waals surface area contributed by atoms with Crippen molar-refractivity contribution >= 4 is 27.5 Å². The quantitative estimate of drug-likeness (QED) is 0.937. The van der Waals surface area contributed by atoms with Crippen molar-refractivity contribution in [3.05, 3.63) is 45.1 Å². The first-order valence-electron chi connectivity index (χ1n) is 5.25. The first kappa shape index (κ1) is 13.3. The lowest BCUT2D eigenvalue weighted by molar-refractivity contribution is 0.439.